The van der Waals surface area contributed by atoms with E-state index >= 15 is 0 Å². The van der Waals surface area contributed by atoms with E-state index in [1.807, 2.05) is 26.0 Å². The number of methoxy groups -OCH3 is 1. The Morgan fingerprint density at radius 3 is 2.62 bits per heavy atom. The molecule has 0 saturated heterocycles. The second-order valence-corrected chi connectivity index (χ2v) is 7.05. The largest absolute Gasteiger partial charge is 0.497 e. The van der Waals surface area contributed by atoms with Crippen LogP contribution in [0.2, 0.25) is 0 Å². The molecule has 7 nitrogen and oxygen atoms in total. The van der Waals surface area contributed by atoms with Gasteiger partial charge in [0.1, 0.15) is 11.4 Å². The van der Waals surface area contributed by atoms with Crippen LogP contribution in [0.3, 0.4) is 0 Å². The number of nitrogens with zero attached hydrogens (tertiary/aromatic N) is 2. The molecule has 3 rings (SSSR count). The summed E-state index contributed by atoms with van der Waals surface area (Å²) in [5.41, 5.74) is 1.45. The topological polar surface area (TPSA) is 93.0 Å². The minimum Gasteiger partial charge on any atom is -0.497 e. The van der Waals surface area contributed by atoms with Gasteiger partial charge in [-0.05, 0) is 42.3 Å². The van der Waals surface area contributed by atoms with Crippen molar-refractivity contribution in [1.29, 1.82) is 0 Å². The molecule has 1 unspecified atom stereocenters. The monoisotopic (exact) mass is 372 g/mol. The van der Waals surface area contributed by atoms with Gasteiger partial charge in [-0.2, -0.15) is 0 Å². The van der Waals surface area contributed by atoms with Crippen molar-refractivity contribution in [3.63, 3.8) is 0 Å². The first-order chi connectivity index (χ1) is 12.6. The first kappa shape index (κ1) is 18.1. The molecule has 1 atom stereocenters. The Bertz CT molecular complexity index is 844. The number of H-pyrrole nitrogens is 1. The number of aromatic nitrogens is 3. The smallest absolute Gasteiger partial charge is 0.277 e. The van der Waals surface area contributed by atoms with Gasteiger partial charge in [0.25, 0.3) is 11.1 Å². The molecule has 1 aromatic carbocycles. The number of ether oxygens (including phenoxy) is 1. The lowest BCUT2D eigenvalue weighted by Gasteiger charge is -2.18. The number of carbonyl (C=O) groups is 1. The Kier molecular flexibility index (Phi) is 5.62. The van der Waals surface area contributed by atoms with Crippen LogP contribution in [-0.2, 0) is 4.79 Å². The van der Waals surface area contributed by atoms with Gasteiger partial charge in [-0.15, -0.1) is 10.2 Å². The standard InChI is InChI=1S/C18H20N4O3S/c1-11(2)15(16(23)20-12-6-8-13(24-3)9-7-12)26-18-22-21-17(25-18)14-5-4-10-19-14/h4-11,15,19H,1-3H3,(H,20,23). The van der Waals surface area contributed by atoms with Crippen LogP contribution in [0.15, 0.2) is 52.2 Å². The van der Waals surface area contributed by atoms with Crippen molar-refractivity contribution < 1.29 is 13.9 Å². The second-order valence-electron chi connectivity index (χ2n) is 5.96. The van der Waals surface area contributed by atoms with Crippen LogP contribution < -0.4 is 10.1 Å². The molecule has 2 aromatic heterocycles. The van der Waals surface area contributed by atoms with Crippen molar-refractivity contribution in [1.82, 2.24) is 15.2 Å². The van der Waals surface area contributed by atoms with Crippen LogP contribution in [0.4, 0.5) is 5.69 Å². The van der Waals surface area contributed by atoms with Gasteiger partial charge in [0, 0.05) is 11.9 Å². The Hall–Kier alpha value is -2.74. The third-order valence-electron chi connectivity index (χ3n) is 3.68. The Morgan fingerprint density at radius 1 is 1.23 bits per heavy atom. The molecule has 0 bridgehead atoms. The van der Waals surface area contributed by atoms with E-state index in [9.17, 15) is 4.79 Å². The van der Waals surface area contributed by atoms with Crippen LogP contribution in [0, 0.1) is 5.92 Å². The summed E-state index contributed by atoms with van der Waals surface area (Å²) >= 11 is 1.26. The van der Waals surface area contributed by atoms with Gasteiger partial charge in [-0.3, -0.25) is 4.79 Å². The van der Waals surface area contributed by atoms with E-state index in [2.05, 4.69) is 20.5 Å². The molecular formula is C18H20N4O3S. The molecule has 136 valence electrons. The molecule has 0 aliphatic rings. The molecule has 8 heteroatoms. The zero-order chi connectivity index (χ0) is 18.5. The fourth-order valence-corrected chi connectivity index (χ4v) is 3.19. The van der Waals surface area contributed by atoms with Crippen molar-refractivity contribution in [3.8, 4) is 17.3 Å². The minimum atomic E-state index is -0.367. The average molecular weight is 372 g/mol. The van der Waals surface area contributed by atoms with Gasteiger partial charge in [0.2, 0.25) is 5.91 Å². The van der Waals surface area contributed by atoms with Gasteiger partial charge in [0.15, 0.2) is 0 Å². The van der Waals surface area contributed by atoms with E-state index in [4.69, 9.17) is 9.15 Å². The maximum absolute atomic E-state index is 12.7. The maximum Gasteiger partial charge on any atom is 0.277 e. The van der Waals surface area contributed by atoms with E-state index in [-0.39, 0.29) is 17.1 Å². The third kappa shape index (κ3) is 4.26. The highest BCUT2D eigenvalue weighted by Gasteiger charge is 2.26. The highest BCUT2D eigenvalue weighted by molar-refractivity contribution is 8.00. The Labute approximate surface area is 155 Å². The predicted octanol–water partition coefficient (Wildman–Crippen LogP) is 3.83. The fourth-order valence-electron chi connectivity index (χ4n) is 2.32. The first-order valence-corrected chi connectivity index (χ1v) is 9.03. The number of aromatic amines is 1. The van der Waals surface area contributed by atoms with Crippen molar-refractivity contribution in [3.05, 3.63) is 42.6 Å². The molecule has 3 aromatic rings. The summed E-state index contributed by atoms with van der Waals surface area (Å²) in [6, 6.07) is 10.9. The predicted molar refractivity (Wildman–Crippen MR) is 100 cm³/mol. The van der Waals surface area contributed by atoms with Gasteiger partial charge in [-0.1, -0.05) is 25.6 Å². The number of hydrogen-bond acceptors (Lipinski definition) is 6. The fraction of sp³-hybridized carbons (Fsp3) is 0.278. The number of benzene rings is 1. The lowest BCUT2D eigenvalue weighted by atomic mass is 10.1. The SMILES string of the molecule is COc1ccc(NC(=O)C(Sc2nnc(-c3ccc[nH]3)o2)C(C)C)cc1. The van der Waals surface area contributed by atoms with Crippen molar-refractivity contribution in [2.75, 3.05) is 12.4 Å². The molecule has 0 spiro atoms. The van der Waals surface area contributed by atoms with Gasteiger partial charge in [0.05, 0.1) is 12.4 Å². The summed E-state index contributed by atoms with van der Waals surface area (Å²) < 4.78 is 10.8. The van der Waals surface area contributed by atoms with Crippen molar-refractivity contribution >= 4 is 23.4 Å². The first-order valence-electron chi connectivity index (χ1n) is 8.15. The molecular weight excluding hydrogens is 352 g/mol. The van der Waals surface area contributed by atoms with Crippen LogP contribution >= 0.6 is 11.8 Å². The molecule has 2 N–H and O–H groups in total. The molecule has 0 aliphatic carbocycles. The molecule has 26 heavy (non-hydrogen) atoms. The maximum atomic E-state index is 12.7. The molecule has 0 fully saturated rings. The van der Waals surface area contributed by atoms with Crippen LogP contribution in [0.25, 0.3) is 11.6 Å². The number of carbonyl (C=O) groups excluding carboxylic acids is 1. The summed E-state index contributed by atoms with van der Waals surface area (Å²) in [6.45, 7) is 3.96. The highest BCUT2D eigenvalue weighted by Crippen LogP contribution is 2.30. The number of anilines is 1. The van der Waals surface area contributed by atoms with Crippen molar-refractivity contribution in [2.45, 2.75) is 24.3 Å². The summed E-state index contributed by atoms with van der Waals surface area (Å²) in [7, 11) is 1.60. The summed E-state index contributed by atoms with van der Waals surface area (Å²) in [5.74, 6) is 1.10. The summed E-state index contributed by atoms with van der Waals surface area (Å²) in [5, 5.41) is 11.0. The lowest BCUT2D eigenvalue weighted by molar-refractivity contribution is -0.116. The number of amides is 1. The van der Waals surface area contributed by atoms with Crippen molar-refractivity contribution in [2.24, 2.45) is 5.92 Å². The molecule has 0 aliphatic heterocycles. The van der Waals surface area contributed by atoms with E-state index in [1.165, 1.54) is 11.8 Å². The van der Waals surface area contributed by atoms with Gasteiger partial charge < -0.3 is 19.5 Å². The van der Waals surface area contributed by atoms with E-state index < -0.39 is 0 Å². The molecule has 2 heterocycles. The molecule has 0 radical (unpaired) electrons. The third-order valence-corrected chi connectivity index (χ3v) is 5.06. The number of nitrogens with one attached hydrogen (secondary N) is 2. The van der Waals surface area contributed by atoms with Gasteiger partial charge in [-0.25, -0.2) is 0 Å². The Morgan fingerprint density at radius 2 is 2.00 bits per heavy atom. The molecule has 1 amide bonds. The van der Waals surface area contributed by atoms with E-state index in [1.54, 1.807) is 37.6 Å². The van der Waals surface area contributed by atoms with Crippen LogP contribution in [0.5, 0.6) is 5.75 Å². The average Bonchev–Trinajstić information content (AvgIpc) is 3.31. The molecule has 0 saturated carbocycles. The van der Waals surface area contributed by atoms with Crippen LogP contribution in [-0.4, -0.2) is 33.4 Å². The normalized spacial score (nSPS) is 12.2. The number of thioether (sulfide) groups is 1. The zero-order valence-electron chi connectivity index (χ0n) is 14.7. The minimum absolute atomic E-state index is 0.0825. The van der Waals surface area contributed by atoms with E-state index in [0.717, 1.165) is 11.4 Å². The number of hydrogen-bond donors (Lipinski definition) is 2. The van der Waals surface area contributed by atoms with E-state index in [0.29, 0.717) is 16.8 Å². The highest BCUT2D eigenvalue weighted by atomic mass is 32.2. The van der Waals surface area contributed by atoms with Gasteiger partial charge >= 0.3 is 0 Å². The quantitative estimate of drug-likeness (QED) is 0.612. The number of rotatable bonds is 7. The Balaban J connectivity index is 1.69. The second kappa shape index (κ2) is 8.09. The van der Waals surface area contributed by atoms with Crippen LogP contribution in [0.1, 0.15) is 13.8 Å². The summed E-state index contributed by atoms with van der Waals surface area (Å²) in [4.78, 5) is 15.7. The zero-order valence-corrected chi connectivity index (χ0v) is 15.5. The lowest BCUT2D eigenvalue weighted by Crippen LogP contribution is -2.29. The summed E-state index contributed by atoms with van der Waals surface area (Å²) in [6.07, 6.45) is 1.78.